The maximum absolute atomic E-state index is 5.47. The van der Waals surface area contributed by atoms with Crippen LogP contribution in [0.1, 0.15) is 17.0 Å². The lowest BCUT2D eigenvalue weighted by Gasteiger charge is -2.09. The molecule has 1 aromatic carbocycles. The third-order valence-corrected chi connectivity index (χ3v) is 2.71. The molecule has 0 aliphatic heterocycles. The second-order valence-electron chi connectivity index (χ2n) is 3.95. The lowest BCUT2D eigenvalue weighted by molar-refractivity contribution is 0.407. The van der Waals surface area contributed by atoms with Crippen LogP contribution in [-0.2, 0) is 6.54 Å². The average molecular weight is 262 g/mol. The van der Waals surface area contributed by atoms with Gasteiger partial charge in [-0.15, -0.1) is 5.10 Å². The zero-order chi connectivity index (χ0) is 13.1. The number of nitrogens with two attached hydrogens (primary N) is 1. The first-order valence-electron chi connectivity index (χ1n) is 5.43. The monoisotopic (exact) mass is 262 g/mol. The summed E-state index contributed by atoms with van der Waals surface area (Å²) in [5.74, 6) is 1.21. The normalized spacial score (nSPS) is 10.3. The molecule has 0 amide bonds. The molecule has 0 spiro atoms. The summed E-state index contributed by atoms with van der Waals surface area (Å²) in [6.45, 7) is 2.60. The van der Waals surface area contributed by atoms with Crippen molar-refractivity contribution in [1.29, 1.82) is 0 Å². The number of methoxy groups -OCH3 is 1. The Hall–Kier alpha value is -1.95. The number of ether oxygens (including phenoxy) is 1. The van der Waals surface area contributed by atoms with E-state index in [1.54, 1.807) is 18.1 Å². The first-order chi connectivity index (χ1) is 8.60. The van der Waals surface area contributed by atoms with E-state index in [0.717, 1.165) is 11.3 Å². The van der Waals surface area contributed by atoms with E-state index in [0.29, 0.717) is 12.4 Å². The largest absolute Gasteiger partial charge is 0.496 e. The Morgan fingerprint density at radius 1 is 1.50 bits per heavy atom. The van der Waals surface area contributed by atoms with E-state index in [-0.39, 0.29) is 4.99 Å². The predicted molar refractivity (Wildman–Crippen MR) is 72.7 cm³/mol. The highest BCUT2D eigenvalue weighted by atomic mass is 32.1. The summed E-state index contributed by atoms with van der Waals surface area (Å²) in [5, 5.41) is 4.19. The van der Waals surface area contributed by atoms with Gasteiger partial charge in [0, 0.05) is 5.56 Å². The summed E-state index contributed by atoms with van der Waals surface area (Å²) in [5.41, 5.74) is 7.67. The minimum Gasteiger partial charge on any atom is -0.496 e. The second-order valence-corrected chi connectivity index (χ2v) is 4.39. The van der Waals surface area contributed by atoms with Gasteiger partial charge in [0.25, 0.3) is 0 Å². The fourth-order valence-electron chi connectivity index (χ4n) is 1.69. The molecule has 0 unspecified atom stereocenters. The van der Waals surface area contributed by atoms with Crippen molar-refractivity contribution in [2.24, 2.45) is 5.73 Å². The van der Waals surface area contributed by atoms with Gasteiger partial charge in [-0.2, -0.15) is 0 Å². The van der Waals surface area contributed by atoms with Gasteiger partial charge >= 0.3 is 0 Å². The summed E-state index contributed by atoms with van der Waals surface area (Å²) < 4.78 is 7.00. The number of hydrogen-bond acceptors (Lipinski definition) is 4. The van der Waals surface area contributed by atoms with Gasteiger partial charge < -0.3 is 10.5 Å². The van der Waals surface area contributed by atoms with Crippen LogP contribution in [0.3, 0.4) is 0 Å². The predicted octanol–water partition coefficient (Wildman–Crippen LogP) is 1.28. The van der Waals surface area contributed by atoms with Gasteiger partial charge in [-0.3, -0.25) is 0 Å². The van der Waals surface area contributed by atoms with E-state index < -0.39 is 0 Å². The summed E-state index contributed by atoms with van der Waals surface area (Å²) in [7, 11) is 1.65. The van der Waals surface area contributed by atoms with Crippen LogP contribution in [0, 0.1) is 6.92 Å². The number of benzene rings is 1. The van der Waals surface area contributed by atoms with E-state index >= 15 is 0 Å². The van der Waals surface area contributed by atoms with Gasteiger partial charge in [0.15, 0.2) is 0 Å². The van der Waals surface area contributed by atoms with Crippen molar-refractivity contribution in [2.45, 2.75) is 13.5 Å². The number of hydrogen-bond donors (Lipinski definition) is 1. The fourth-order valence-corrected chi connectivity index (χ4v) is 1.78. The van der Waals surface area contributed by atoms with Crippen LogP contribution < -0.4 is 10.5 Å². The molecule has 0 fully saturated rings. The zero-order valence-corrected chi connectivity index (χ0v) is 11.1. The highest BCUT2D eigenvalue weighted by Crippen LogP contribution is 2.20. The average Bonchev–Trinajstić information content (AvgIpc) is 2.78. The smallest absolute Gasteiger partial charge is 0.208 e. The molecule has 0 radical (unpaired) electrons. The Balaban J connectivity index is 2.27. The number of nitrogens with zero attached hydrogens (tertiary/aromatic N) is 3. The Labute approximate surface area is 111 Å². The molecule has 1 heterocycles. The van der Waals surface area contributed by atoms with Crippen molar-refractivity contribution in [2.75, 3.05) is 7.11 Å². The van der Waals surface area contributed by atoms with Crippen LogP contribution in [-0.4, -0.2) is 26.9 Å². The minimum atomic E-state index is 0.199. The van der Waals surface area contributed by atoms with Crippen molar-refractivity contribution in [3.63, 3.8) is 0 Å². The lowest BCUT2D eigenvalue weighted by atomic mass is 10.1. The fraction of sp³-hybridized carbons (Fsp3) is 0.250. The van der Waals surface area contributed by atoms with Crippen molar-refractivity contribution in [1.82, 2.24) is 14.8 Å². The summed E-state index contributed by atoms with van der Waals surface area (Å²) >= 11 is 4.82. The van der Waals surface area contributed by atoms with Gasteiger partial charge in [0.1, 0.15) is 17.1 Å². The highest BCUT2D eigenvalue weighted by molar-refractivity contribution is 7.80. The molecule has 0 atom stereocenters. The lowest BCUT2D eigenvalue weighted by Crippen LogP contribution is -2.12. The molecular weight excluding hydrogens is 248 g/mol. The molecule has 0 aliphatic carbocycles. The summed E-state index contributed by atoms with van der Waals surface area (Å²) in [4.78, 5) is 4.23. The van der Waals surface area contributed by atoms with Gasteiger partial charge in [-0.1, -0.05) is 29.9 Å². The summed E-state index contributed by atoms with van der Waals surface area (Å²) in [6, 6.07) is 6.00. The molecular formula is C12H14N4OS. The molecule has 5 nitrogen and oxygen atoms in total. The van der Waals surface area contributed by atoms with Gasteiger partial charge in [-0.25, -0.2) is 9.67 Å². The Bertz CT molecular complexity index is 579. The van der Waals surface area contributed by atoms with E-state index in [4.69, 9.17) is 22.7 Å². The molecule has 0 bridgehead atoms. The molecule has 0 saturated heterocycles. The maximum Gasteiger partial charge on any atom is 0.208 e. The second kappa shape index (κ2) is 5.14. The van der Waals surface area contributed by atoms with Crippen LogP contribution in [0.25, 0.3) is 0 Å². The molecule has 2 rings (SSSR count). The topological polar surface area (TPSA) is 66.0 Å². The maximum atomic E-state index is 5.47. The zero-order valence-electron chi connectivity index (χ0n) is 10.3. The van der Waals surface area contributed by atoms with E-state index in [1.165, 1.54) is 5.56 Å². The number of aryl methyl sites for hydroxylation is 1. The van der Waals surface area contributed by atoms with Crippen LogP contribution >= 0.6 is 12.2 Å². The Kier molecular flexibility index (Phi) is 3.57. The molecule has 0 aliphatic rings. The first kappa shape index (κ1) is 12.5. The molecule has 1 aromatic heterocycles. The van der Waals surface area contributed by atoms with Gasteiger partial charge in [0.05, 0.1) is 13.7 Å². The number of rotatable bonds is 4. The molecule has 0 saturated carbocycles. The molecule has 2 aromatic rings. The van der Waals surface area contributed by atoms with Crippen LogP contribution in [0.15, 0.2) is 24.5 Å². The molecule has 2 N–H and O–H groups in total. The third-order valence-electron chi connectivity index (χ3n) is 2.53. The number of thiocarbonyl (C=S) groups is 1. The van der Waals surface area contributed by atoms with Crippen LogP contribution in [0.5, 0.6) is 5.75 Å². The highest BCUT2D eigenvalue weighted by Gasteiger charge is 2.07. The quantitative estimate of drug-likeness (QED) is 0.841. The standard InChI is InChI=1S/C12H14N4OS/c1-8-3-4-10(17-2)9(5-8)6-16-7-14-12(15-16)11(13)18/h3-5,7H,6H2,1-2H3,(H2,13,18). The summed E-state index contributed by atoms with van der Waals surface area (Å²) in [6.07, 6.45) is 1.61. The van der Waals surface area contributed by atoms with Gasteiger partial charge in [-0.05, 0) is 13.0 Å². The van der Waals surface area contributed by atoms with Crippen molar-refractivity contribution in [3.05, 3.63) is 41.5 Å². The minimum absolute atomic E-state index is 0.199. The molecule has 18 heavy (non-hydrogen) atoms. The third kappa shape index (κ3) is 2.65. The first-order valence-corrected chi connectivity index (χ1v) is 5.83. The van der Waals surface area contributed by atoms with E-state index in [9.17, 15) is 0 Å². The number of aromatic nitrogens is 3. The van der Waals surface area contributed by atoms with Crippen molar-refractivity contribution in [3.8, 4) is 5.75 Å². The van der Waals surface area contributed by atoms with E-state index in [2.05, 4.69) is 16.1 Å². The SMILES string of the molecule is COc1ccc(C)cc1Cn1cnc(C(N)=S)n1. The van der Waals surface area contributed by atoms with Crippen molar-refractivity contribution >= 4 is 17.2 Å². The van der Waals surface area contributed by atoms with Gasteiger partial charge in [0.2, 0.25) is 5.82 Å². The van der Waals surface area contributed by atoms with Crippen molar-refractivity contribution < 1.29 is 4.74 Å². The van der Waals surface area contributed by atoms with Crippen LogP contribution in [0.4, 0.5) is 0 Å². The molecule has 94 valence electrons. The van der Waals surface area contributed by atoms with Crippen LogP contribution in [0.2, 0.25) is 0 Å². The molecule has 6 heteroatoms. The Morgan fingerprint density at radius 2 is 2.28 bits per heavy atom. The van der Waals surface area contributed by atoms with E-state index in [1.807, 2.05) is 19.1 Å². The Morgan fingerprint density at radius 3 is 2.89 bits per heavy atom.